The van der Waals surface area contributed by atoms with Crippen LogP contribution in [0, 0.1) is 0 Å². The summed E-state index contributed by atoms with van der Waals surface area (Å²) in [6, 6.07) is 27.1. The summed E-state index contributed by atoms with van der Waals surface area (Å²) in [6.45, 7) is 0.463. The number of benzene rings is 3. The SMILES string of the molecule is COc1ccc([C@H]2c3cccn3-c3ccccc3CN2C(=O)Nc2cccc(OC)c2)cc1. The minimum absolute atomic E-state index is 0.187. The molecule has 0 aliphatic carbocycles. The molecule has 6 heteroatoms. The highest BCUT2D eigenvalue weighted by molar-refractivity contribution is 5.90. The van der Waals surface area contributed by atoms with Gasteiger partial charge >= 0.3 is 6.03 Å². The number of anilines is 1. The van der Waals surface area contributed by atoms with Crippen LogP contribution in [-0.2, 0) is 6.54 Å². The van der Waals surface area contributed by atoms with Gasteiger partial charge in [-0.3, -0.25) is 0 Å². The van der Waals surface area contributed by atoms with Gasteiger partial charge in [0.05, 0.1) is 32.5 Å². The summed E-state index contributed by atoms with van der Waals surface area (Å²) in [5.74, 6) is 1.47. The van der Waals surface area contributed by atoms with E-state index in [1.165, 1.54) is 0 Å². The summed E-state index contributed by atoms with van der Waals surface area (Å²) < 4.78 is 12.8. The first-order valence-electron chi connectivity index (χ1n) is 10.8. The van der Waals surface area contributed by atoms with Gasteiger partial charge in [0.2, 0.25) is 0 Å². The molecule has 4 aromatic rings. The van der Waals surface area contributed by atoms with Gasteiger partial charge < -0.3 is 24.3 Å². The molecule has 2 amide bonds. The van der Waals surface area contributed by atoms with Gasteiger partial charge in [-0.1, -0.05) is 36.4 Å². The lowest BCUT2D eigenvalue weighted by atomic mass is 10.0. The highest BCUT2D eigenvalue weighted by Crippen LogP contribution is 2.37. The molecule has 166 valence electrons. The van der Waals surface area contributed by atoms with E-state index in [2.05, 4.69) is 28.1 Å². The maximum Gasteiger partial charge on any atom is 0.322 e. The number of carbonyl (C=O) groups excluding carboxylic acids is 1. The van der Waals surface area contributed by atoms with Gasteiger partial charge in [0.15, 0.2) is 0 Å². The van der Waals surface area contributed by atoms with Crippen LogP contribution in [0.3, 0.4) is 0 Å². The summed E-state index contributed by atoms with van der Waals surface area (Å²) in [5.41, 5.74) is 4.86. The van der Waals surface area contributed by atoms with Crippen molar-refractivity contribution in [1.29, 1.82) is 0 Å². The standard InChI is InChI=1S/C27H25N3O3/c1-32-22-14-12-19(13-15-22)26-25-11-6-16-29(25)24-10-4-3-7-20(24)18-30(26)27(31)28-21-8-5-9-23(17-21)33-2/h3-17,26H,18H2,1-2H3,(H,28,31)/t26-/m0/s1. The minimum atomic E-state index is -0.288. The van der Waals surface area contributed by atoms with E-state index in [-0.39, 0.29) is 12.1 Å². The molecule has 0 bridgehead atoms. The molecule has 2 heterocycles. The molecule has 1 aliphatic heterocycles. The molecule has 1 atom stereocenters. The van der Waals surface area contributed by atoms with Crippen molar-refractivity contribution in [3.8, 4) is 17.2 Å². The number of aromatic nitrogens is 1. The fourth-order valence-corrected chi connectivity index (χ4v) is 4.37. The van der Waals surface area contributed by atoms with Crippen molar-refractivity contribution < 1.29 is 14.3 Å². The van der Waals surface area contributed by atoms with Crippen molar-refractivity contribution >= 4 is 11.7 Å². The van der Waals surface area contributed by atoms with Crippen LogP contribution in [0.1, 0.15) is 22.9 Å². The largest absolute Gasteiger partial charge is 0.497 e. The van der Waals surface area contributed by atoms with Gasteiger partial charge in [-0.2, -0.15) is 0 Å². The van der Waals surface area contributed by atoms with Gasteiger partial charge in [-0.15, -0.1) is 0 Å². The van der Waals surface area contributed by atoms with E-state index in [0.717, 1.165) is 28.3 Å². The van der Waals surface area contributed by atoms with Crippen LogP contribution in [0.4, 0.5) is 10.5 Å². The predicted molar refractivity (Wildman–Crippen MR) is 128 cm³/mol. The summed E-state index contributed by atoms with van der Waals surface area (Å²) in [4.78, 5) is 15.6. The van der Waals surface area contributed by atoms with Gasteiger partial charge in [-0.25, -0.2) is 4.79 Å². The first kappa shape index (κ1) is 20.7. The number of hydrogen-bond acceptors (Lipinski definition) is 3. The van der Waals surface area contributed by atoms with Crippen LogP contribution in [0.15, 0.2) is 91.1 Å². The second-order valence-electron chi connectivity index (χ2n) is 7.90. The number of hydrogen-bond donors (Lipinski definition) is 1. The smallest absolute Gasteiger partial charge is 0.322 e. The number of nitrogens with zero attached hydrogens (tertiary/aromatic N) is 2. The molecular weight excluding hydrogens is 414 g/mol. The fraction of sp³-hybridized carbons (Fsp3) is 0.148. The molecule has 1 aliphatic rings. The van der Waals surface area contributed by atoms with Crippen LogP contribution >= 0.6 is 0 Å². The number of para-hydroxylation sites is 1. The second kappa shape index (κ2) is 8.74. The fourth-order valence-electron chi connectivity index (χ4n) is 4.37. The van der Waals surface area contributed by atoms with Gasteiger partial charge in [0.25, 0.3) is 0 Å². The van der Waals surface area contributed by atoms with Gasteiger partial charge in [0.1, 0.15) is 11.5 Å². The number of amides is 2. The molecule has 6 nitrogen and oxygen atoms in total. The number of carbonyl (C=O) groups is 1. The quantitative estimate of drug-likeness (QED) is 0.448. The molecule has 5 rings (SSSR count). The number of fused-ring (bicyclic) bond motifs is 3. The maximum absolute atomic E-state index is 13.7. The van der Waals surface area contributed by atoms with Crippen LogP contribution < -0.4 is 14.8 Å². The molecule has 0 radical (unpaired) electrons. The second-order valence-corrected chi connectivity index (χ2v) is 7.90. The molecule has 1 aromatic heterocycles. The van der Waals surface area contributed by atoms with Crippen molar-refractivity contribution in [3.05, 3.63) is 108 Å². The van der Waals surface area contributed by atoms with Gasteiger partial charge in [0, 0.05) is 23.6 Å². The first-order chi connectivity index (χ1) is 16.2. The molecule has 0 saturated carbocycles. The van der Waals surface area contributed by atoms with Crippen LogP contribution in [0.2, 0.25) is 0 Å². The zero-order valence-electron chi connectivity index (χ0n) is 18.6. The number of methoxy groups -OCH3 is 2. The molecule has 0 fully saturated rings. The number of urea groups is 1. The highest BCUT2D eigenvalue weighted by Gasteiger charge is 2.33. The molecular formula is C27H25N3O3. The van der Waals surface area contributed by atoms with E-state index in [4.69, 9.17) is 9.47 Å². The molecule has 0 saturated heterocycles. The van der Waals surface area contributed by atoms with E-state index < -0.39 is 0 Å². The topological polar surface area (TPSA) is 55.7 Å². The van der Waals surface area contributed by atoms with E-state index in [1.807, 2.05) is 77.8 Å². The Hall–Kier alpha value is -4.19. The van der Waals surface area contributed by atoms with E-state index >= 15 is 0 Å². The summed E-state index contributed by atoms with van der Waals surface area (Å²) >= 11 is 0. The third-order valence-corrected chi connectivity index (χ3v) is 5.98. The number of ether oxygens (including phenoxy) is 2. The van der Waals surface area contributed by atoms with E-state index in [1.54, 1.807) is 14.2 Å². The summed E-state index contributed by atoms with van der Waals surface area (Å²) in [7, 11) is 3.26. The van der Waals surface area contributed by atoms with Crippen molar-refractivity contribution in [2.24, 2.45) is 0 Å². The van der Waals surface area contributed by atoms with Crippen molar-refractivity contribution in [1.82, 2.24) is 9.47 Å². The summed E-state index contributed by atoms with van der Waals surface area (Å²) in [6.07, 6.45) is 2.05. The van der Waals surface area contributed by atoms with E-state index in [0.29, 0.717) is 18.0 Å². The van der Waals surface area contributed by atoms with Crippen LogP contribution in [-0.4, -0.2) is 29.7 Å². The molecule has 3 aromatic carbocycles. The minimum Gasteiger partial charge on any atom is -0.497 e. The predicted octanol–water partition coefficient (Wildman–Crippen LogP) is 5.63. The lowest BCUT2D eigenvalue weighted by Crippen LogP contribution is -2.37. The van der Waals surface area contributed by atoms with Gasteiger partial charge in [-0.05, 0) is 53.6 Å². The monoisotopic (exact) mass is 439 g/mol. The van der Waals surface area contributed by atoms with Crippen LogP contribution in [0.25, 0.3) is 5.69 Å². The average Bonchev–Trinajstić information content (AvgIpc) is 3.28. The zero-order valence-corrected chi connectivity index (χ0v) is 18.6. The molecule has 33 heavy (non-hydrogen) atoms. The zero-order chi connectivity index (χ0) is 22.8. The Kier molecular flexibility index (Phi) is 5.48. The lowest BCUT2D eigenvalue weighted by molar-refractivity contribution is 0.194. The molecule has 0 spiro atoms. The Morgan fingerprint density at radius 1 is 0.879 bits per heavy atom. The number of rotatable bonds is 4. The third-order valence-electron chi connectivity index (χ3n) is 5.98. The number of nitrogens with one attached hydrogen (secondary N) is 1. The Balaban J connectivity index is 1.60. The van der Waals surface area contributed by atoms with Crippen molar-refractivity contribution in [2.45, 2.75) is 12.6 Å². The van der Waals surface area contributed by atoms with Crippen molar-refractivity contribution in [2.75, 3.05) is 19.5 Å². The Morgan fingerprint density at radius 2 is 1.67 bits per heavy atom. The normalized spacial score (nSPS) is 14.6. The third kappa shape index (κ3) is 3.91. The summed E-state index contributed by atoms with van der Waals surface area (Å²) in [5, 5.41) is 3.06. The van der Waals surface area contributed by atoms with Crippen LogP contribution in [0.5, 0.6) is 11.5 Å². The Morgan fingerprint density at radius 3 is 2.45 bits per heavy atom. The van der Waals surface area contributed by atoms with Crippen molar-refractivity contribution in [3.63, 3.8) is 0 Å². The Bertz CT molecular complexity index is 1280. The Labute approximate surface area is 193 Å². The van der Waals surface area contributed by atoms with E-state index in [9.17, 15) is 4.79 Å². The highest BCUT2D eigenvalue weighted by atomic mass is 16.5. The maximum atomic E-state index is 13.7. The first-order valence-corrected chi connectivity index (χ1v) is 10.8. The average molecular weight is 440 g/mol. The molecule has 0 unspecified atom stereocenters. The lowest BCUT2D eigenvalue weighted by Gasteiger charge is -2.31. The molecule has 1 N–H and O–H groups in total.